The molecule has 0 unspecified atom stereocenters. The van der Waals surface area contributed by atoms with Gasteiger partial charge in [-0.1, -0.05) is 0 Å². The monoisotopic (exact) mass is 336 g/mol. The molecule has 1 aromatic heterocycles. The summed E-state index contributed by atoms with van der Waals surface area (Å²) in [7, 11) is -0.859. The number of nitrogens with zero attached hydrogens (tertiary/aromatic N) is 1. The Balaban J connectivity index is 2.39. The van der Waals surface area contributed by atoms with Crippen LogP contribution < -0.4 is 14.2 Å². The van der Waals surface area contributed by atoms with Crippen molar-refractivity contribution in [1.29, 1.82) is 0 Å². The first-order valence-corrected chi connectivity index (χ1v) is 8.45. The van der Waals surface area contributed by atoms with E-state index in [-0.39, 0.29) is 10.6 Å². The number of sulfonamides is 1. The summed E-state index contributed by atoms with van der Waals surface area (Å²) in [6, 6.07) is 8.12. The van der Waals surface area contributed by atoms with Gasteiger partial charge in [-0.2, -0.15) is 0 Å². The van der Waals surface area contributed by atoms with E-state index >= 15 is 0 Å². The number of aromatic nitrogens is 1. The lowest BCUT2D eigenvalue weighted by molar-refractivity contribution is 0.385. The summed E-state index contributed by atoms with van der Waals surface area (Å²) in [5, 5.41) is 0. The molecule has 1 heterocycles. The van der Waals surface area contributed by atoms with Gasteiger partial charge in [-0.05, 0) is 43.7 Å². The zero-order valence-electron chi connectivity index (χ0n) is 13.5. The van der Waals surface area contributed by atoms with E-state index in [9.17, 15) is 8.42 Å². The first kappa shape index (κ1) is 17.2. The van der Waals surface area contributed by atoms with E-state index in [0.717, 1.165) is 5.56 Å². The predicted octanol–water partition coefficient (Wildman–Crippen LogP) is 2.31. The van der Waals surface area contributed by atoms with E-state index in [0.29, 0.717) is 5.75 Å². The van der Waals surface area contributed by atoms with Gasteiger partial charge in [0.1, 0.15) is 16.4 Å². The number of pyridine rings is 1. The lowest BCUT2D eigenvalue weighted by Gasteiger charge is -2.26. The van der Waals surface area contributed by atoms with Crippen LogP contribution in [0.4, 0.5) is 0 Å². The fourth-order valence-corrected chi connectivity index (χ4v) is 3.77. The first-order valence-electron chi connectivity index (χ1n) is 6.96. The number of methoxy groups -OCH3 is 2. The van der Waals surface area contributed by atoms with Crippen LogP contribution >= 0.6 is 0 Å². The van der Waals surface area contributed by atoms with Crippen molar-refractivity contribution in [2.45, 2.75) is 24.3 Å². The van der Waals surface area contributed by atoms with Crippen molar-refractivity contribution in [3.05, 3.63) is 48.3 Å². The summed E-state index contributed by atoms with van der Waals surface area (Å²) < 4.78 is 38.5. The summed E-state index contributed by atoms with van der Waals surface area (Å²) in [6.07, 6.45) is 3.25. The Morgan fingerprint density at radius 1 is 1.04 bits per heavy atom. The van der Waals surface area contributed by atoms with Crippen LogP contribution in [0.3, 0.4) is 0 Å². The largest absolute Gasteiger partial charge is 0.497 e. The number of benzene rings is 1. The fourth-order valence-electron chi connectivity index (χ4n) is 2.22. The molecule has 1 N–H and O–H groups in total. The maximum Gasteiger partial charge on any atom is 0.245 e. The highest BCUT2D eigenvalue weighted by Gasteiger charge is 2.30. The number of hydrogen-bond donors (Lipinski definition) is 1. The summed E-state index contributed by atoms with van der Waals surface area (Å²) in [6.45, 7) is 3.58. The molecule has 0 aliphatic rings. The summed E-state index contributed by atoms with van der Waals surface area (Å²) in [5.74, 6) is 0.747. The van der Waals surface area contributed by atoms with Crippen molar-refractivity contribution in [1.82, 2.24) is 9.71 Å². The maximum atomic E-state index is 12.8. The number of nitrogens with one attached hydrogen (secondary N) is 1. The predicted molar refractivity (Wildman–Crippen MR) is 87.1 cm³/mol. The van der Waals surface area contributed by atoms with Crippen LogP contribution in [0.25, 0.3) is 0 Å². The van der Waals surface area contributed by atoms with Gasteiger partial charge < -0.3 is 9.47 Å². The Morgan fingerprint density at radius 3 is 2.26 bits per heavy atom. The lowest BCUT2D eigenvalue weighted by Crippen LogP contribution is -2.41. The average molecular weight is 336 g/mol. The van der Waals surface area contributed by atoms with Crippen molar-refractivity contribution in [2.75, 3.05) is 14.2 Å². The average Bonchev–Trinajstić information content (AvgIpc) is 2.54. The zero-order chi connectivity index (χ0) is 17.1. The minimum Gasteiger partial charge on any atom is -0.497 e. The summed E-state index contributed by atoms with van der Waals surface area (Å²) in [5.41, 5.74) is 0.00995. The number of ether oxygens (including phenoxy) is 2. The smallest absolute Gasteiger partial charge is 0.245 e. The molecule has 0 spiro atoms. The normalized spacial score (nSPS) is 12.0. The molecular weight excluding hydrogens is 316 g/mol. The lowest BCUT2D eigenvalue weighted by atomic mass is 9.97. The Morgan fingerprint density at radius 2 is 1.70 bits per heavy atom. The van der Waals surface area contributed by atoms with E-state index in [1.165, 1.54) is 26.4 Å². The molecule has 124 valence electrons. The zero-order valence-corrected chi connectivity index (χ0v) is 14.3. The van der Waals surface area contributed by atoms with Gasteiger partial charge in [0.2, 0.25) is 10.0 Å². The van der Waals surface area contributed by atoms with Gasteiger partial charge in [0.15, 0.2) is 0 Å². The fraction of sp³-hybridized carbons (Fsp3) is 0.312. The van der Waals surface area contributed by atoms with Crippen molar-refractivity contribution in [2.24, 2.45) is 0 Å². The Bertz CT molecular complexity index is 774. The van der Waals surface area contributed by atoms with Crippen LogP contribution in [0.15, 0.2) is 47.6 Å². The van der Waals surface area contributed by atoms with E-state index in [1.807, 2.05) is 0 Å². The van der Waals surface area contributed by atoms with E-state index in [1.54, 1.807) is 44.4 Å². The Labute approximate surface area is 136 Å². The second-order valence-electron chi connectivity index (χ2n) is 5.48. The second-order valence-corrected chi connectivity index (χ2v) is 7.13. The van der Waals surface area contributed by atoms with Gasteiger partial charge in [-0.25, -0.2) is 13.1 Å². The van der Waals surface area contributed by atoms with E-state index in [2.05, 4.69) is 9.71 Å². The third-order valence-corrected chi connectivity index (χ3v) is 5.15. The third-order valence-electron chi connectivity index (χ3n) is 3.45. The van der Waals surface area contributed by atoms with Gasteiger partial charge in [0.05, 0.1) is 19.8 Å². The maximum absolute atomic E-state index is 12.8. The van der Waals surface area contributed by atoms with Crippen LogP contribution in [0.1, 0.15) is 19.4 Å². The van der Waals surface area contributed by atoms with Crippen molar-refractivity contribution in [3.8, 4) is 11.5 Å². The van der Waals surface area contributed by atoms with Crippen molar-refractivity contribution >= 4 is 10.0 Å². The molecule has 0 amide bonds. The molecule has 0 atom stereocenters. The minimum atomic E-state index is -3.78. The molecule has 0 saturated heterocycles. The van der Waals surface area contributed by atoms with Crippen LogP contribution in [-0.4, -0.2) is 27.6 Å². The summed E-state index contributed by atoms with van der Waals surface area (Å²) >= 11 is 0. The quantitative estimate of drug-likeness (QED) is 0.876. The third kappa shape index (κ3) is 3.80. The Hall–Kier alpha value is -2.12. The van der Waals surface area contributed by atoms with Crippen LogP contribution in [0.5, 0.6) is 11.5 Å². The highest BCUT2D eigenvalue weighted by atomic mass is 32.2. The van der Waals surface area contributed by atoms with E-state index < -0.39 is 15.6 Å². The minimum absolute atomic E-state index is 0.0583. The van der Waals surface area contributed by atoms with Gasteiger partial charge in [0, 0.05) is 18.5 Å². The Kier molecular flexibility index (Phi) is 4.91. The number of rotatable bonds is 6. The molecule has 0 saturated carbocycles. The molecule has 0 aliphatic heterocycles. The molecule has 7 heteroatoms. The molecule has 0 bridgehead atoms. The van der Waals surface area contributed by atoms with Crippen LogP contribution in [-0.2, 0) is 15.6 Å². The van der Waals surface area contributed by atoms with Crippen molar-refractivity contribution in [3.63, 3.8) is 0 Å². The highest BCUT2D eigenvalue weighted by molar-refractivity contribution is 7.89. The van der Waals surface area contributed by atoms with Crippen LogP contribution in [0.2, 0.25) is 0 Å². The van der Waals surface area contributed by atoms with Gasteiger partial charge in [-0.15, -0.1) is 0 Å². The molecule has 2 rings (SSSR count). The molecule has 23 heavy (non-hydrogen) atoms. The van der Waals surface area contributed by atoms with Crippen molar-refractivity contribution < 1.29 is 17.9 Å². The highest BCUT2D eigenvalue weighted by Crippen LogP contribution is 2.30. The second kappa shape index (κ2) is 6.55. The molecule has 0 radical (unpaired) electrons. The summed E-state index contributed by atoms with van der Waals surface area (Å²) in [4.78, 5) is 4.01. The topological polar surface area (TPSA) is 77.5 Å². The van der Waals surface area contributed by atoms with Gasteiger partial charge in [0.25, 0.3) is 0 Å². The molecule has 0 fully saturated rings. The van der Waals surface area contributed by atoms with Gasteiger partial charge >= 0.3 is 0 Å². The number of hydrogen-bond acceptors (Lipinski definition) is 5. The van der Waals surface area contributed by atoms with Gasteiger partial charge in [-0.3, -0.25) is 4.98 Å². The SMILES string of the molecule is COc1ccc(S(=O)(=O)NC(C)(C)c2ccncc2)c(OC)c1. The molecular formula is C16H20N2O4S. The van der Waals surface area contributed by atoms with E-state index in [4.69, 9.17) is 9.47 Å². The molecule has 1 aromatic carbocycles. The van der Waals surface area contributed by atoms with Crippen LogP contribution in [0, 0.1) is 0 Å². The molecule has 2 aromatic rings. The molecule has 6 nitrogen and oxygen atoms in total. The first-order chi connectivity index (χ1) is 10.8. The molecule has 0 aliphatic carbocycles. The standard InChI is InChI=1S/C16H20N2O4S/c1-16(2,12-7-9-17-10-8-12)18-23(19,20)15-6-5-13(21-3)11-14(15)22-4/h5-11,18H,1-4H3.